The number of benzene rings is 3. The zero-order chi connectivity index (χ0) is 16.1. The number of halogens is 1. The molecule has 0 fully saturated rings. The molecule has 0 saturated carbocycles. The van der Waals surface area contributed by atoms with Crippen molar-refractivity contribution in [1.82, 2.24) is 0 Å². The normalized spacial score (nSPS) is 11.0. The Hall–Kier alpha value is -1.63. The Balaban J connectivity index is 1.89. The first-order valence-electron chi connectivity index (χ1n) is 7.49. The molecular weight excluding hydrogens is 367 g/mol. The Morgan fingerprint density at radius 3 is 2.26 bits per heavy atom. The lowest BCUT2D eigenvalue weighted by molar-refractivity contribution is 0.411. The summed E-state index contributed by atoms with van der Waals surface area (Å²) >= 11 is 3.67. The van der Waals surface area contributed by atoms with Crippen molar-refractivity contribution in [3.63, 3.8) is 0 Å². The smallest absolute Gasteiger partial charge is 0.122 e. The van der Waals surface area contributed by atoms with Crippen molar-refractivity contribution in [2.75, 3.05) is 7.11 Å². The molecule has 0 aliphatic carbocycles. The van der Waals surface area contributed by atoms with Gasteiger partial charge in [0.25, 0.3) is 0 Å². The van der Waals surface area contributed by atoms with E-state index in [0.717, 1.165) is 16.4 Å². The molecule has 3 aromatic carbocycles. The fourth-order valence-electron chi connectivity index (χ4n) is 2.59. The summed E-state index contributed by atoms with van der Waals surface area (Å²) in [7, 11) is 2.43. The van der Waals surface area contributed by atoms with Crippen LogP contribution in [0.5, 0.6) is 5.75 Å². The highest BCUT2D eigenvalue weighted by atomic mass is 79.9. The van der Waals surface area contributed by atoms with Crippen molar-refractivity contribution in [2.45, 2.75) is 6.16 Å². The molecule has 0 N–H and O–H groups in total. The van der Waals surface area contributed by atoms with Crippen LogP contribution in [0.15, 0.2) is 77.3 Å². The van der Waals surface area contributed by atoms with Gasteiger partial charge in [0.15, 0.2) is 0 Å². The molecule has 0 heterocycles. The fourth-order valence-corrected chi connectivity index (χ4v) is 4.39. The number of hydrogen-bond donors (Lipinski definition) is 0. The van der Waals surface area contributed by atoms with E-state index in [1.165, 1.54) is 22.0 Å². The van der Waals surface area contributed by atoms with Gasteiger partial charge in [-0.15, -0.1) is 0 Å². The van der Waals surface area contributed by atoms with Gasteiger partial charge in [0.1, 0.15) is 5.75 Å². The van der Waals surface area contributed by atoms with Gasteiger partial charge < -0.3 is 4.74 Å². The van der Waals surface area contributed by atoms with Crippen LogP contribution in [0.2, 0.25) is 0 Å². The zero-order valence-electron chi connectivity index (χ0n) is 12.9. The molecule has 3 aromatic rings. The van der Waals surface area contributed by atoms with E-state index in [4.69, 9.17) is 4.74 Å². The number of methoxy groups -OCH3 is 1. The predicted molar refractivity (Wildman–Crippen MR) is 104 cm³/mol. The minimum Gasteiger partial charge on any atom is -0.496 e. The number of rotatable bonds is 5. The van der Waals surface area contributed by atoms with Gasteiger partial charge in [0, 0.05) is 4.47 Å². The van der Waals surface area contributed by atoms with Gasteiger partial charge in [-0.25, -0.2) is 0 Å². The molecule has 1 nitrogen and oxygen atoms in total. The minimum absolute atomic E-state index is 0.701. The first kappa shape index (κ1) is 16.2. The highest BCUT2D eigenvalue weighted by molar-refractivity contribution is 9.10. The third-order valence-corrected chi connectivity index (χ3v) is 5.82. The summed E-state index contributed by atoms with van der Waals surface area (Å²) in [5, 5.41) is 1.38. The van der Waals surface area contributed by atoms with Crippen LogP contribution in [0.4, 0.5) is 0 Å². The molecule has 0 aromatic heterocycles. The summed E-state index contributed by atoms with van der Waals surface area (Å²) in [5.74, 6) is 0.971. The SMILES string of the molecule is COc1ccccc1CPc1ccccc1-c1ccccc1Br. The summed E-state index contributed by atoms with van der Waals surface area (Å²) in [6.45, 7) is 0. The average Bonchev–Trinajstić information content (AvgIpc) is 2.61. The van der Waals surface area contributed by atoms with E-state index >= 15 is 0 Å². The summed E-state index contributed by atoms with van der Waals surface area (Å²) in [5.41, 5.74) is 3.80. The molecule has 0 aliphatic rings. The highest BCUT2D eigenvalue weighted by Gasteiger charge is 2.09. The van der Waals surface area contributed by atoms with Gasteiger partial charge >= 0.3 is 0 Å². The minimum atomic E-state index is 0.701. The van der Waals surface area contributed by atoms with Crippen LogP contribution in [0.25, 0.3) is 11.1 Å². The van der Waals surface area contributed by atoms with Gasteiger partial charge in [-0.05, 0) is 40.3 Å². The molecule has 0 bridgehead atoms. The lowest BCUT2D eigenvalue weighted by Gasteiger charge is -2.13. The third-order valence-electron chi connectivity index (χ3n) is 3.75. The Morgan fingerprint density at radius 1 is 0.826 bits per heavy atom. The van der Waals surface area contributed by atoms with Gasteiger partial charge in [0.05, 0.1) is 7.11 Å². The van der Waals surface area contributed by atoms with E-state index in [1.54, 1.807) is 7.11 Å². The summed E-state index contributed by atoms with van der Waals surface area (Å²) in [6, 6.07) is 25.3. The first-order chi connectivity index (χ1) is 11.3. The first-order valence-corrected chi connectivity index (χ1v) is 9.49. The largest absolute Gasteiger partial charge is 0.496 e. The topological polar surface area (TPSA) is 9.23 Å². The Kier molecular flexibility index (Phi) is 5.48. The quantitative estimate of drug-likeness (QED) is 0.518. The third kappa shape index (κ3) is 3.83. The molecule has 0 aliphatic heterocycles. The van der Waals surface area contributed by atoms with Crippen LogP contribution in [0.3, 0.4) is 0 Å². The van der Waals surface area contributed by atoms with E-state index < -0.39 is 0 Å². The molecule has 0 saturated heterocycles. The molecule has 0 radical (unpaired) electrons. The lowest BCUT2D eigenvalue weighted by atomic mass is 10.1. The van der Waals surface area contributed by atoms with E-state index in [9.17, 15) is 0 Å². The molecule has 1 atom stereocenters. The molecule has 23 heavy (non-hydrogen) atoms. The molecule has 116 valence electrons. The highest BCUT2D eigenvalue weighted by Crippen LogP contribution is 2.32. The maximum Gasteiger partial charge on any atom is 0.122 e. The molecule has 3 rings (SSSR count). The number of ether oxygens (including phenoxy) is 1. The standard InChI is InChI=1S/C20H18BrOP/c1-22-19-12-6-2-8-15(19)14-23-20-13-7-4-10-17(20)16-9-3-5-11-18(16)21/h2-13,23H,14H2,1H3. The van der Waals surface area contributed by atoms with Crippen molar-refractivity contribution in [3.05, 3.63) is 82.8 Å². The second-order valence-electron chi connectivity index (χ2n) is 5.19. The van der Waals surface area contributed by atoms with Crippen LogP contribution < -0.4 is 10.0 Å². The lowest BCUT2D eigenvalue weighted by Crippen LogP contribution is -2.01. The summed E-state index contributed by atoms with van der Waals surface area (Å²) in [6.07, 6.45) is 0.992. The number of para-hydroxylation sites is 1. The fraction of sp³-hybridized carbons (Fsp3) is 0.100. The van der Waals surface area contributed by atoms with E-state index in [1.807, 2.05) is 18.2 Å². The van der Waals surface area contributed by atoms with Crippen molar-refractivity contribution < 1.29 is 4.74 Å². The summed E-state index contributed by atoms with van der Waals surface area (Å²) < 4.78 is 6.60. The Morgan fingerprint density at radius 2 is 1.48 bits per heavy atom. The van der Waals surface area contributed by atoms with Crippen LogP contribution in [0, 0.1) is 0 Å². The molecular formula is C20H18BrOP. The maximum absolute atomic E-state index is 5.46. The maximum atomic E-state index is 5.46. The summed E-state index contributed by atoms with van der Waals surface area (Å²) in [4.78, 5) is 0. The van der Waals surface area contributed by atoms with E-state index in [-0.39, 0.29) is 0 Å². The van der Waals surface area contributed by atoms with Crippen LogP contribution in [-0.2, 0) is 6.16 Å². The Bertz CT molecular complexity index is 801. The molecule has 1 unspecified atom stereocenters. The van der Waals surface area contributed by atoms with Gasteiger partial charge in [-0.1, -0.05) is 85.2 Å². The second kappa shape index (κ2) is 7.77. The number of hydrogen-bond acceptors (Lipinski definition) is 1. The Labute approximate surface area is 147 Å². The van der Waals surface area contributed by atoms with Crippen LogP contribution in [-0.4, -0.2) is 7.11 Å². The molecule has 0 spiro atoms. The second-order valence-corrected chi connectivity index (χ2v) is 7.29. The average molecular weight is 385 g/mol. The zero-order valence-corrected chi connectivity index (χ0v) is 15.5. The predicted octanol–water partition coefficient (Wildman–Crippen LogP) is 5.63. The molecule has 3 heteroatoms. The molecule has 0 amide bonds. The van der Waals surface area contributed by atoms with Crippen molar-refractivity contribution in [1.29, 1.82) is 0 Å². The van der Waals surface area contributed by atoms with Gasteiger partial charge in [-0.3, -0.25) is 0 Å². The van der Waals surface area contributed by atoms with Crippen molar-refractivity contribution in [2.24, 2.45) is 0 Å². The van der Waals surface area contributed by atoms with Crippen LogP contribution in [0.1, 0.15) is 5.56 Å². The van der Waals surface area contributed by atoms with Gasteiger partial charge in [-0.2, -0.15) is 0 Å². The monoisotopic (exact) mass is 384 g/mol. The van der Waals surface area contributed by atoms with Gasteiger partial charge in [0.2, 0.25) is 0 Å². The van der Waals surface area contributed by atoms with E-state index in [2.05, 4.69) is 70.5 Å². The van der Waals surface area contributed by atoms with E-state index in [0.29, 0.717) is 8.58 Å². The van der Waals surface area contributed by atoms with Crippen LogP contribution >= 0.6 is 24.5 Å². The van der Waals surface area contributed by atoms with Crippen molar-refractivity contribution >= 4 is 29.8 Å². The van der Waals surface area contributed by atoms with Crippen molar-refractivity contribution in [3.8, 4) is 16.9 Å².